The zero-order valence-corrected chi connectivity index (χ0v) is 14.9. The minimum Gasteiger partial charge on any atom is -0.481 e. The maximum absolute atomic E-state index is 13.6. The second kappa shape index (κ2) is 8.61. The van der Waals surface area contributed by atoms with Crippen LogP contribution in [0, 0.1) is 11.6 Å². The lowest BCUT2D eigenvalue weighted by molar-refractivity contribution is -0.139. The first-order chi connectivity index (χ1) is 12.8. The molecule has 2 N–H and O–H groups in total. The van der Waals surface area contributed by atoms with Gasteiger partial charge in [-0.25, -0.2) is 18.4 Å². The number of aliphatic carboxylic acids is 1. The van der Waals surface area contributed by atoms with Crippen molar-refractivity contribution in [3.05, 3.63) is 46.7 Å². The Hall–Kier alpha value is -2.97. The molecule has 1 aliphatic rings. The van der Waals surface area contributed by atoms with Crippen LogP contribution in [0.25, 0.3) is 0 Å². The van der Waals surface area contributed by atoms with Gasteiger partial charge in [-0.1, -0.05) is 6.07 Å². The van der Waals surface area contributed by atoms with Gasteiger partial charge in [0.05, 0.1) is 18.2 Å². The third-order valence-electron chi connectivity index (χ3n) is 4.14. The van der Waals surface area contributed by atoms with Crippen molar-refractivity contribution in [1.29, 1.82) is 0 Å². The molecule has 0 saturated carbocycles. The summed E-state index contributed by atoms with van der Waals surface area (Å²) >= 11 is 0. The van der Waals surface area contributed by atoms with Gasteiger partial charge in [-0.2, -0.15) is 0 Å². The number of urea groups is 1. The quantitative estimate of drug-likeness (QED) is 0.707. The van der Waals surface area contributed by atoms with Crippen LogP contribution in [0.5, 0.6) is 0 Å². The molecule has 0 bridgehead atoms. The van der Waals surface area contributed by atoms with Gasteiger partial charge in [-0.15, -0.1) is 0 Å². The van der Waals surface area contributed by atoms with Crippen molar-refractivity contribution < 1.29 is 33.0 Å². The van der Waals surface area contributed by atoms with E-state index in [2.05, 4.69) is 5.32 Å². The van der Waals surface area contributed by atoms with Crippen molar-refractivity contribution in [3.63, 3.8) is 0 Å². The van der Waals surface area contributed by atoms with Crippen molar-refractivity contribution >= 4 is 18.0 Å². The minimum atomic E-state index is -1.11. The molecule has 27 heavy (non-hydrogen) atoms. The molecule has 0 aromatic heterocycles. The molecule has 0 aliphatic carbocycles. The fourth-order valence-corrected chi connectivity index (χ4v) is 2.85. The summed E-state index contributed by atoms with van der Waals surface area (Å²) in [5.74, 6) is -3.85. The van der Waals surface area contributed by atoms with E-state index in [-0.39, 0.29) is 42.8 Å². The highest BCUT2D eigenvalue weighted by molar-refractivity contribution is 5.95. The van der Waals surface area contributed by atoms with E-state index in [4.69, 9.17) is 9.84 Å². The van der Waals surface area contributed by atoms with Crippen LogP contribution in [-0.2, 0) is 14.3 Å². The van der Waals surface area contributed by atoms with Gasteiger partial charge < -0.3 is 15.2 Å². The predicted octanol–water partition coefficient (Wildman–Crippen LogP) is 2.73. The fourth-order valence-electron chi connectivity index (χ4n) is 2.85. The number of benzene rings is 1. The first kappa shape index (κ1) is 20.3. The molecule has 1 aromatic carbocycles. The number of carboxylic acids is 1. The van der Waals surface area contributed by atoms with E-state index in [1.165, 1.54) is 17.9 Å². The standard InChI is InChI=1S/C18H20F2N2O5/c1-3-27-17(25)15-10(2)22(8-4-5-14(23)24)18(26)21-16(15)11-6-7-12(19)13(20)9-11/h6-7,9,16H,3-5,8H2,1-2H3,(H,21,26)(H,23,24)/t16-/m0/s1. The highest BCUT2D eigenvalue weighted by Gasteiger charge is 2.36. The predicted molar refractivity (Wildman–Crippen MR) is 90.5 cm³/mol. The molecule has 0 unspecified atom stereocenters. The van der Waals surface area contributed by atoms with Crippen LogP contribution < -0.4 is 5.32 Å². The Balaban J connectivity index is 2.42. The van der Waals surface area contributed by atoms with Crippen LogP contribution in [0.15, 0.2) is 29.5 Å². The molecule has 1 aliphatic heterocycles. The van der Waals surface area contributed by atoms with Crippen LogP contribution in [0.1, 0.15) is 38.3 Å². The number of halogens is 2. The number of hydrogen-bond donors (Lipinski definition) is 2. The zero-order valence-electron chi connectivity index (χ0n) is 14.9. The van der Waals surface area contributed by atoms with E-state index >= 15 is 0 Å². The second-order valence-electron chi connectivity index (χ2n) is 5.92. The molecule has 1 heterocycles. The van der Waals surface area contributed by atoms with Gasteiger partial charge >= 0.3 is 18.0 Å². The number of carboxylic acid groups (broad SMARTS) is 1. The molecule has 146 valence electrons. The minimum absolute atomic E-state index is 0.0807. The molecular weight excluding hydrogens is 362 g/mol. The van der Waals surface area contributed by atoms with Gasteiger partial charge in [0.25, 0.3) is 0 Å². The normalized spacial score (nSPS) is 17.0. The smallest absolute Gasteiger partial charge is 0.338 e. The Morgan fingerprint density at radius 3 is 2.59 bits per heavy atom. The van der Waals surface area contributed by atoms with Gasteiger partial charge in [0.1, 0.15) is 0 Å². The number of esters is 1. The van der Waals surface area contributed by atoms with Crippen LogP contribution in [-0.4, -0.2) is 41.1 Å². The lowest BCUT2D eigenvalue weighted by atomic mass is 9.94. The van der Waals surface area contributed by atoms with Gasteiger partial charge in [0.2, 0.25) is 0 Å². The molecule has 2 rings (SSSR count). The van der Waals surface area contributed by atoms with Crippen LogP contribution >= 0.6 is 0 Å². The number of allylic oxidation sites excluding steroid dienone is 1. The highest BCUT2D eigenvalue weighted by atomic mass is 19.2. The Morgan fingerprint density at radius 1 is 1.30 bits per heavy atom. The third-order valence-corrected chi connectivity index (χ3v) is 4.14. The van der Waals surface area contributed by atoms with Crippen LogP contribution in [0.4, 0.5) is 13.6 Å². The Labute approximate surface area is 154 Å². The maximum atomic E-state index is 13.6. The van der Waals surface area contributed by atoms with Crippen LogP contribution in [0.2, 0.25) is 0 Å². The van der Waals surface area contributed by atoms with Crippen molar-refractivity contribution in [1.82, 2.24) is 10.2 Å². The van der Waals surface area contributed by atoms with Gasteiger partial charge in [0, 0.05) is 18.7 Å². The Morgan fingerprint density at radius 2 is 2.00 bits per heavy atom. The molecule has 2 amide bonds. The van der Waals surface area contributed by atoms with E-state index in [0.717, 1.165) is 12.1 Å². The van der Waals surface area contributed by atoms with Crippen molar-refractivity contribution in [2.45, 2.75) is 32.7 Å². The second-order valence-corrected chi connectivity index (χ2v) is 5.92. The summed E-state index contributed by atoms with van der Waals surface area (Å²) in [4.78, 5) is 36.8. The number of ether oxygens (including phenoxy) is 1. The average Bonchev–Trinajstić information content (AvgIpc) is 2.59. The molecule has 1 aromatic rings. The summed E-state index contributed by atoms with van der Waals surface area (Å²) in [6, 6.07) is 1.51. The lowest BCUT2D eigenvalue weighted by Crippen LogP contribution is -2.48. The average molecular weight is 382 g/mol. The first-order valence-electron chi connectivity index (χ1n) is 8.38. The van der Waals surface area contributed by atoms with E-state index in [1.54, 1.807) is 6.92 Å². The van der Waals surface area contributed by atoms with E-state index in [9.17, 15) is 23.2 Å². The summed E-state index contributed by atoms with van der Waals surface area (Å²) in [6.45, 7) is 3.31. The van der Waals surface area contributed by atoms with Gasteiger partial charge in [-0.3, -0.25) is 9.69 Å². The van der Waals surface area contributed by atoms with Crippen molar-refractivity contribution in [2.75, 3.05) is 13.2 Å². The van der Waals surface area contributed by atoms with E-state index in [1.807, 2.05) is 0 Å². The summed E-state index contributed by atoms with van der Waals surface area (Å²) in [5, 5.41) is 11.3. The Bertz CT molecular complexity index is 794. The van der Waals surface area contributed by atoms with E-state index in [0.29, 0.717) is 0 Å². The lowest BCUT2D eigenvalue weighted by Gasteiger charge is -2.35. The summed E-state index contributed by atoms with van der Waals surface area (Å²) < 4.78 is 31.9. The van der Waals surface area contributed by atoms with Crippen LogP contribution in [0.3, 0.4) is 0 Å². The van der Waals surface area contributed by atoms with Gasteiger partial charge in [-0.05, 0) is 38.0 Å². The largest absolute Gasteiger partial charge is 0.481 e. The monoisotopic (exact) mass is 382 g/mol. The van der Waals surface area contributed by atoms with E-state index < -0.39 is 35.6 Å². The highest BCUT2D eigenvalue weighted by Crippen LogP contribution is 2.32. The Kier molecular flexibility index (Phi) is 6.49. The number of rotatable bonds is 7. The molecule has 7 nitrogen and oxygen atoms in total. The number of carbonyl (C=O) groups is 3. The number of nitrogens with one attached hydrogen (secondary N) is 1. The fraction of sp³-hybridized carbons (Fsp3) is 0.389. The molecule has 0 radical (unpaired) electrons. The SMILES string of the molecule is CCOC(=O)C1=C(C)N(CCCC(=O)O)C(=O)N[C@H]1c1ccc(F)c(F)c1. The molecule has 0 saturated heterocycles. The number of hydrogen-bond acceptors (Lipinski definition) is 4. The first-order valence-corrected chi connectivity index (χ1v) is 8.38. The summed E-state index contributed by atoms with van der Waals surface area (Å²) in [7, 11) is 0. The molecule has 0 spiro atoms. The third kappa shape index (κ3) is 4.60. The number of carbonyl (C=O) groups excluding carboxylic acids is 2. The molecule has 1 atom stereocenters. The maximum Gasteiger partial charge on any atom is 0.338 e. The molecular formula is C18H20F2N2O5. The number of amides is 2. The summed E-state index contributed by atoms with van der Waals surface area (Å²) in [6.07, 6.45) is 0.0461. The van der Waals surface area contributed by atoms with Crippen molar-refractivity contribution in [2.24, 2.45) is 0 Å². The van der Waals surface area contributed by atoms with Crippen molar-refractivity contribution in [3.8, 4) is 0 Å². The zero-order chi connectivity index (χ0) is 20.1. The van der Waals surface area contributed by atoms with Gasteiger partial charge in [0.15, 0.2) is 11.6 Å². The summed E-state index contributed by atoms with van der Waals surface area (Å²) in [5.41, 5.74) is 0.546. The molecule has 9 heteroatoms. The molecule has 0 fully saturated rings. The topological polar surface area (TPSA) is 95.9 Å². The number of nitrogens with zero attached hydrogens (tertiary/aromatic N) is 1.